The summed E-state index contributed by atoms with van der Waals surface area (Å²) in [4.78, 5) is 43.9. The number of thioether (sulfide) groups is 1. The first-order valence-corrected chi connectivity index (χ1v) is 11.8. The topological polar surface area (TPSA) is 60.9 Å². The van der Waals surface area contributed by atoms with Gasteiger partial charge in [-0.25, -0.2) is 0 Å². The summed E-state index contributed by atoms with van der Waals surface area (Å²) >= 11 is 13.6. The lowest BCUT2D eigenvalue weighted by molar-refractivity contribution is -0.136. The maximum Gasteiger partial charge on any atom is 0.255 e. The van der Waals surface area contributed by atoms with E-state index in [0.29, 0.717) is 59.0 Å². The van der Waals surface area contributed by atoms with Gasteiger partial charge in [0.2, 0.25) is 5.91 Å². The van der Waals surface area contributed by atoms with Crippen molar-refractivity contribution in [2.45, 2.75) is 6.04 Å². The zero-order valence-corrected chi connectivity index (χ0v) is 19.0. The van der Waals surface area contributed by atoms with Crippen molar-refractivity contribution in [3.05, 3.63) is 69.7 Å². The maximum atomic E-state index is 13.2. The van der Waals surface area contributed by atoms with Crippen molar-refractivity contribution in [1.82, 2.24) is 14.7 Å². The minimum absolute atomic E-state index is 0.0628. The van der Waals surface area contributed by atoms with Crippen LogP contribution in [0.25, 0.3) is 0 Å². The van der Waals surface area contributed by atoms with Gasteiger partial charge in [-0.3, -0.25) is 14.4 Å². The van der Waals surface area contributed by atoms with Gasteiger partial charge >= 0.3 is 0 Å². The molecule has 2 saturated heterocycles. The highest BCUT2D eigenvalue weighted by atomic mass is 35.5. The van der Waals surface area contributed by atoms with E-state index >= 15 is 0 Å². The van der Waals surface area contributed by atoms with Gasteiger partial charge in [-0.15, -0.1) is 11.8 Å². The number of hydrogen-bond acceptors (Lipinski definition) is 4. The van der Waals surface area contributed by atoms with Crippen LogP contribution in [-0.4, -0.2) is 76.3 Å². The zero-order valence-electron chi connectivity index (χ0n) is 16.7. The monoisotopic (exact) mass is 477 g/mol. The summed E-state index contributed by atoms with van der Waals surface area (Å²) in [5.41, 5.74) is 1.02. The fourth-order valence-corrected chi connectivity index (χ4v) is 5.47. The van der Waals surface area contributed by atoms with Gasteiger partial charge in [-0.05, 0) is 30.3 Å². The third-order valence-corrected chi connectivity index (χ3v) is 6.89. The van der Waals surface area contributed by atoms with Gasteiger partial charge < -0.3 is 14.7 Å². The molecule has 9 heteroatoms. The van der Waals surface area contributed by atoms with Crippen LogP contribution >= 0.6 is 35.0 Å². The van der Waals surface area contributed by atoms with E-state index in [1.807, 2.05) is 18.2 Å². The highest BCUT2D eigenvalue weighted by Gasteiger charge is 2.38. The van der Waals surface area contributed by atoms with Crippen molar-refractivity contribution in [3.63, 3.8) is 0 Å². The molecule has 1 unspecified atom stereocenters. The number of benzene rings is 2. The molecule has 1 atom stereocenters. The molecule has 162 valence electrons. The Bertz CT molecular complexity index is 977. The maximum absolute atomic E-state index is 13.2. The number of carbonyl (C=O) groups is 3. The smallest absolute Gasteiger partial charge is 0.255 e. The first-order chi connectivity index (χ1) is 14.9. The predicted octanol–water partition coefficient (Wildman–Crippen LogP) is 3.49. The second-order valence-corrected chi connectivity index (χ2v) is 9.30. The summed E-state index contributed by atoms with van der Waals surface area (Å²) in [5.74, 6) is 0.729. The summed E-state index contributed by atoms with van der Waals surface area (Å²) in [5, 5.41) is 0.818. The highest BCUT2D eigenvalue weighted by molar-refractivity contribution is 7.99. The van der Waals surface area contributed by atoms with E-state index in [9.17, 15) is 14.4 Å². The van der Waals surface area contributed by atoms with Crippen LogP contribution in [-0.2, 0) is 4.79 Å². The van der Waals surface area contributed by atoms with Gasteiger partial charge in [-0.1, -0.05) is 41.4 Å². The van der Waals surface area contributed by atoms with E-state index in [1.165, 1.54) is 0 Å². The largest absolute Gasteiger partial charge is 0.337 e. The summed E-state index contributed by atoms with van der Waals surface area (Å²) in [6.45, 7) is 1.68. The van der Waals surface area contributed by atoms with E-state index in [1.54, 1.807) is 56.8 Å². The quantitative estimate of drug-likeness (QED) is 0.678. The Morgan fingerprint density at radius 3 is 2.06 bits per heavy atom. The molecule has 0 saturated carbocycles. The summed E-state index contributed by atoms with van der Waals surface area (Å²) in [6, 6.07) is 13.3. The number of halogens is 2. The predicted molar refractivity (Wildman–Crippen MR) is 123 cm³/mol. The minimum atomic E-state index is -0.480. The molecule has 2 aliphatic heterocycles. The molecule has 0 aromatic heterocycles. The Morgan fingerprint density at radius 2 is 1.42 bits per heavy atom. The molecule has 0 bridgehead atoms. The second-order valence-electron chi connectivity index (χ2n) is 7.43. The van der Waals surface area contributed by atoms with Gasteiger partial charge in [-0.2, -0.15) is 0 Å². The summed E-state index contributed by atoms with van der Waals surface area (Å²) < 4.78 is 0. The molecule has 3 amide bonds. The van der Waals surface area contributed by atoms with E-state index < -0.39 is 6.04 Å². The molecule has 2 aliphatic rings. The van der Waals surface area contributed by atoms with Crippen LogP contribution in [0, 0.1) is 0 Å². The lowest BCUT2D eigenvalue weighted by atomic mass is 10.1. The Kier molecular flexibility index (Phi) is 6.74. The van der Waals surface area contributed by atoms with E-state index in [4.69, 9.17) is 23.2 Å². The summed E-state index contributed by atoms with van der Waals surface area (Å²) in [6.07, 6.45) is 0. The van der Waals surface area contributed by atoms with Crippen LogP contribution in [0.15, 0.2) is 48.5 Å². The molecular formula is C22H21Cl2N3O3S. The third kappa shape index (κ3) is 4.84. The Hall–Kier alpha value is -2.22. The molecule has 0 N–H and O–H groups in total. The van der Waals surface area contributed by atoms with Gasteiger partial charge in [0.05, 0.1) is 5.88 Å². The van der Waals surface area contributed by atoms with Crippen LogP contribution in [0.4, 0.5) is 0 Å². The van der Waals surface area contributed by atoms with E-state index in [-0.39, 0.29) is 17.7 Å². The van der Waals surface area contributed by atoms with Crippen LogP contribution in [0.2, 0.25) is 10.0 Å². The number of amides is 3. The molecule has 2 aromatic rings. The zero-order chi connectivity index (χ0) is 22.0. The van der Waals surface area contributed by atoms with Crippen molar-refractivity contribution >= 4 is 52.7 Å². The molecule has 2 heterocycles. The Morgan fingerprint density at radius 1 is 0.806 bits per heavy atom. The van der Waals surface area contributed by atoms with Crippen molar-refractivity contribution in [3.8, 4) is 0 Å². The van der Waals surface area contributed by atoms with Crippen molar-refractivity contribution < 1.29 is 14.4 Å². The van der Waals surface area contributed by atoms with Gasteiger partial charge in [0, 0.05) is 53.1 Å². The molecule has 6 nitrogen and oxygen atoms in total. The molecule has 31 heavy (non-hydrogen) atoms. The molecule has 0 spiro atoms. The van der Waals surface area contributed by atoms with Gasteiger partial charge in [0.1, 0.15) is 6.04 Å². The van der Waals surface area contributed by atoms with Gasteiger partial charge in [0.25, 0.3) is 11.8 Å². The number of hydrogen-bond donors (Lipinski definition) is 0. The lowest BCUT2D eigenvalue weighted by Crippen LogP contribution is -2.56. The molecule has 2 fully saturated rings. The molecule has 2 aromatic carbocycles. The van der Waals surface area contributed by atoms with Gasteiger partial charge in [0.15, 0.2) is 0 Å². The van der Waals surface area contributed by atoms with Crippen LogP contribution in [0.1, 0.15) is 20.7 Å². The van der Waals surface area contributed by atoms with E-state index in [2.05, 4.69) is 0 Å². The molecular weight excluding hydrogens is 457 g/mol. The fraction of sp³-hybridized carbons (Fsp3) is 0.318. The van der Waals surface area contributed by atoms with Crippen LogP contribution in [0.5, 0.6) is 0 Å². The van der Waals surface area contributed by atoms with Crippen molar-refractivity contribution in [2.24, 2.45) is 0 Å². The number of carbonyl (C=O) groups excluding carboxylic acids is 3. The number of piperazine rings is 1. The van der Waals surface area contributed by atoms with Crippen molar-refractivity contribution in [2.75, 3.05) is 37.8 Å². The van der Waals surface area contributed by atoms with E-state index in [0.717, 1.165) is 0 Å². The van der Waals surface area contributed by atoms with Crippen LogP contribution in [0.3, 0.4) is 0 Å². The summed E-state index contributed by atoms with van der Waals surface area (Å²) in [7, 11) is 0. The minimum Gasteiger partial charge on any atom is -0.337 e. The Labute approximate surface area is 195 Å². The van der Waals surface area contributed by atoms with Crippen LogP contribution < -0.4 is 0 Å². The molecule has 0 radical (unpaired) electrons. The third-order valence-electron chi connectivity index (χ3n) is 5.44. The highest BCUT2D eigenvalue weighted by Crippen LogP contribution is 2.26. The number of rotatable bonds is 3. The number of nitrogens with zero attached hydrogens (tertiary/aromatic N) is 3. The molecule has 0 aliphatic carbocycles. The first-order valence-electron chi connectivity index (χ1n) is 9.92. The average molecular weight is 478 g/mol. The molecule has 4 rings (SSSR count). The lowest BCUT2D eigenvalue weighted by Gasteiger charge is -2.37. The second kappa shape index (κ2) is 9.51. The Balaban J connectivity index is 1.38. The fourth-order valence-electron chi connectivity index (χ4n) is 3.79. The SMILES string of the molecule is O=C(c1cc(Cl)cc(Cl)c1)N1CCN(C(=O)C2CSCN2C(=O)c2ccccc2)CC1. The standard InChI is InChI=1S/C22H21Cl2N3O3S/c23-17-10-16(11-18(24)12-17)20(28)25-6-8-26(9-7-25)22(30)19-13-31-14-27(19)21(29)15-4-2-1-3-5-15/h1-5,10-12,19H,6-9,13-14H2. The first kappa shape index (κ1) is 22.0. The normalized spacial score (nSPS) is 18.9. The van der Waals surface area contributed by atoms with Crippen molar-refractivity contribution in [1.29, 1.82) is 0 Å². The average Bonchev–Trinajstić information content (AvgIpc) is 3.27.